The van der Waals surface area contributed by atoms with Crippen molar-refractivity contribution in [3.63, 3.8) is 0 Å². The average molecular weight is 274 g/mol. The van der Waals surface area contributed by atoms with Gasteiger partial charge in [0.05, 0.1) is 6.10 Å². The number of methoxy groups -OCH3 is 1. The zero-order valence-electron chi connectivity index (χ0n) is 11.2. The summed E-state index contributed by atoms with van der Waals surface area (Å²) >= 11 is 0. The molecule has 0 radical (unpaired) electrons. The second-order valence-corrected chi connectivity index (χ2v) is 5.17. The van der Waals surface area contributed by atoms with E-state index in [9.17, 15) is 20.4 Å². The minimum Gasteiger partial charge on any atom is -0.387 e. The van der Waals surface area contributed by atoms with E-state index in [1.807, 2.05) is 6.92 Å². The van der Waals surface area contributed by atoms with Crippen molar-refractivity contribution in [3.8, 4) is 0 Å². The van der Waals surface area contributed by atoms with Gasteiger partial charge >= 0.3 is 0 Å². The molecule has 0 bridgehead atoms. The van der Waals surface area contributed by atoms with Gasteiger partial charge in [0.2, 0.25) is 0 Å². The zero-order chi connectivity index (χ0) is 14.2. The van der Waals surface area contributed by atoms with E-state index in [0.29, 0.717) is 17.6 Å². The molecule has 0 aromatic rings. The minimum absolute atomic E-state index is 0.113. The standard InChI is InChI=1S/C13H22O6/c1-3-4-6-5-7-8(13(18-2)19-6)10(15)12(17)11(16)9(7)14/h6,9-17H,3-5H2,1-2H3/t6-,9+,10+,11+,12-,13+/m0/s1. The predicted molar refractivity (Wildman–Crippen MR) is 66.2 cm³/mol. The van der Waals surface area contributed by atoms with Crippen molar-refractivity contribution in [2.45, 2.75) is 63.0 Å². The van der Waals surface area contributed by atoms with Crippen LogP contribution in [-0.4, -0.2) is 64.3 Å². The SMILES string of the molecule is CCC[C@H]1CC2=C([C@H](OC)O1)[C@@H](O)[C@H](O)[C@H](O)[C@@H]2O. The summed E-state index contributed by atoms with van der Waals surface area (Å²) < 4.78 is 10.9. The summed E-state index contributed by atoms with van der Waals surface area (Å²) in [7, 11) is 1.44. The molecule has 6 nitrogen and oxygen atoms in total. The normalized spacial score (nSPS) is 43.3. The molecular formula is C13H22O6. The second-order valence-electron chi connectivity index (χ2n) is 5.17. The summed E-state index contributed by atoms with van der Waals surface area (Å²) in [6.07, 6.45) is -4.01. The Labute approximate surface area is 112 Å². The third kappa shape index (κ3) is 2.56. The molecule has 2 aliphatic rings. The maximum atomic E-state index is 10.1. The van der Waals surface area contributed by atoms with E-state index >= 15 is 0 Å². The molecular weight excluding hydrogens is 252 g/mol. The Morgan fingerprint density at radius 1 is 1.16 bits per heavy atom. The van der Waals surface area contributed by atoms with Gasteiger partial charge in [0.25, 0.3) is 0 Å². The highest BCUT2D eigenvalue weighted by Crippen LogP contribution is 2.38. The van der Waals surface area contributed by atoms with E-state index in [4.69, 9.17) is 9.47 Å². The Morgan fingerprint density at radius 3 is 2.37 bits per heavy atom. The summed E-state index contributed by atoms with van der Waals surface area (Å²) in [6.45, 7) is 2.03. The molecule has 1 aliphatic carbocycles. The van der Waals surface area contributed by atoms with Crippen molar-refractivity contribution in [1.82, 2.24) is 0 Å². The van der Waals surface area contributed by atoms with Crippen molar-refractivity contribution >= 4 is 0 Å². The van der Waals surface area contributed by atoms with Gasteiger partial charge in [-0.2, -0.15) is 0 Å². The summed E-state index contributed by atoms with van der Waals surface area (Å²) in [6, 6.07) is 0. The Morgan fingerprint density at radius 2 is 1.79 bits per heavy atom. The minimum atomic E-state index is -1.43. The summed E-state index contributed by atoms with van der Waals surface area (Å²) in [5.74, 6) is 0. The van der Waals surface area contributed by atoms with Gasteiger partial charge in [0.1, 0.15) is 24.4 Å². The van der Waals surface area contributed by atoms with Gasteiger partial charge in [-0.15, -0.1) is 0 Å². The molecule has 4 N–H and O–H groups in total. The van der Waals surface area contributed by atoms with Crippen LogP contribution in [0.1, 0.15) is 26.2 Å². The van der Waals surface area contributed by atoms with Crippen LogP contribution in [0.5, 0.6) is 0 Å². The first kappa shape index (κ1) is 14.9. The van der Waals surface area contributed by atoms with Crippen LogP contribution in [-0.2, 0) is 9.47 Å². The lowest BCUT2D eigenvalue weighted by Crippen LogP contribution is -2.55. The first-order chi connectivity index (χ1) is 9.01. The highest BCUT2D eigenvalue weighted by molar-refractivity contribution is 5.33. The molecule has 110 valence electrons. The molecule has 19 heavy (non-hydrogen) atoms. The van der Waals surface area contributed by atoms with Gasteiger partial charge in [-0.05, 0) is 18.4 Å². The molecule has 0 fully saturated rings. The molecule has 2 rings (SSSR count). The van der Waals surface area contributed by atoms with Crippen molar-refractivity contribution in [3.05, 3.63) is 11.1 Å². The molecule has 0 unspecified atom stereocenters. The Hall–Kier alpha value is -0.500. The van der Waals surface area contributed by atoms with Gasteiger partial charge in [0.15, 0.2) is 6.29 Å². The van der Waals surface area contributed by atoms with Crippen molar-refractivity contribution in [2.75, 3.05) is 7.11 Å². The largest absolute Gasteiger partial charge is 0.387 e. The fraction of sp³-hybridized carbons (Fsp3) is 0.846. The molecule has 0 saturated carbocycles. The molecule has 0 spiro atoms. The van der Waals surface area contributed by atoms with E-state index < -0.39 is 30.7 Å². The smallest absolute Gasteiger partial charge is 0.182 e. The molecule has 6 atom stereocenters. The van der Waals surface area contributed by atoms with Gasteiger partial charge in [-0.1, -0.05) is 13.3 Å². The number of aliphatic hydroxyl groups is 4. The first-order valence-electron chi connectivity index (χ1n) is 6.64. The molecule has 0 aromatic heterocycles. The Bertz CT molecular complexity index is 355. The van der Waals surface area contributed by atoms with Crippen LogP contribution in [0.2, 0.25) is 0 Å². The van der Waals surface area contributed by atoms with E-state index in [-0.39, 0.29) is 6.10 Å². The van der Waals surface area contributed by atoms with E-state index in [1.54, 1.807) is 0 Å². The second kappa shape index (κ2) is 5.87. The Kier molecular flexibility index (Phi) is 4.60. The van der Waals surface area contributed by atoms with Crippen molar-refractivity contribution in [2.24, 2.45) is 0 Å². The predicted octanol–water partition coefficient (Wildman–Crippen LogP) is -0.698. The molecule has 1 aliphatic heterocycles. The van der Waals surface area contributed by atoms with E-state index in [2.05, 4.69) is 0 Å². The monoisotopic (exact) mass is 274 g/mol. The maximum absolute atomic E-state index is 10.1. The number of hydrogen-bond acceptors (Lipinski definition) is 6. The highest BCUT2D eigenvalue weighted by atomic mass is 16.7. The van der Waals surface area contributed by atoms with Gasteiger partial charge < -0.3 is 29.9 Å². The number of hydrogen-bond donors (Lipinski definition) is 4. The molecule has 1 heterocycles. The fourth-order valence-corrected chi connectivity index (χ4v) is 2.87. The lowest BCUT2D eigenvalue weighted by Gasteiger charge is -2.43. The lowest BCUT2D eigenvalue weighted by molar-refractivity contribution is -0.176. The lowest BCUT2D eigenvalue weighted by atomic mass is 9.79. The van der Waals surface area contributed by atoms with Crippen LogP contribution in [0.25, 0.3) is 0 Å². The van der Waals surface area contributed by atoms with Crippen LogP contribution in [0, 0.1) is 0 Å². The first-order valence-corrected chi connectivity index (χ1v) is 6.64. The third-order valence-corrected chi connectivity index (χ3v) is 3.89. The van der Waals surface area contributed by atoms with Gasteiger partial charge in [-0.3, -0.25) is 0 Å². The number of ether oxygens (including phenoxy) is 2. The summed E-state index contributed by atoms with van der Waals surface area (Å²) in [5.41, 5.74) is 0.877. The fourth-order valence-electron chi connectivity index (χ4n) is 2.87. The van der Waals surface area contributed by atoms with Crippen LogP contribution in [0.3, 0.4) is 0 Å². The van der Waals surface area contributed by atoms with Crippen LogP contribution in [0.15, 0.2) is 11.1 Å². The van der Waals surface area contributed by atoms with Crippen LogP contribution >= 0.6 is 0 Å². The Balaban J connectivity index is 2.34. The quantitative estimate of drug-likeness (QED) is 0.508. The highest BCUT2D eigenvalue weighted by Gasteiger charge is 2.47. The van der Waals surface area contributed by atoms with Gasteiger partial charge in [-0.25, -0.2) is 0 Å². The number of rotatable bonds is 3. The van der Waals surface area contributed by atoms with E-state index in [1.165, 1.54) is 7.11 Å². The van der Waals surface area contributed by atoms with Crippen molar-refractivity contribution in [1.29, 1.82) is 0 Å². The molecule has 0 aromatic carbocycles. The summed E-state index contributed by atoms with van der Waals surface area (Å²) in [4.78, 5) is 0. The van der Waals surface area contributed by atoms with Crippen LogP contribution < -0.4 is 0 Å². The number of aliphatic hydroxyl groups excluding tert-OH is 4. The molecule has 0 amide bonds. The average Bonchev–Trinajstić information content (AvgIpc) is 2.42. The van der Waals surface area contributed by atoms with Gasteiger partial charge in [0, 0.05) is 12.7 Å². The van der Waals surface area contributed by atoms with Crippen LogP contribution in [0.4, 0.5) is 0 Å². The molecule has 6 heteroatoms. The molecule has 0 saturated heterocycles. The summed E-state index contributed by atoms with van der Waals surface area (Å²) in [5, 5.41) is 39.6. The van der Waals surface area contributed by atoms with Crippen molar-refractivity contribution < 1.29 is 29.9 Å². The maximum Gasteiger partial charge on any atom is 0.182 e. The topological polar surface area (TPSA) is 99.4 Å². The third-order valence-electron chi connectivity index (χ3n) is 3.89. The van der Waals surface area contributed by atoms with E-state index in [0.717, 1.165) is 12.8 Å². The zero-order valence-corrected chi connectivity index (χ0v) is 11.2.